The van der Waals surface area contributed by atoms with Crippen molar-refractivity contribution in [1.82, 2.24) is 4.90 Å². The molecule has 0 aliphatic carbocycles. The van der Waals surface area contributed by atoms with Crippen molar-refractivity contribution in [2.75, 3.05) is 28.3 Å². The molecule has 90 valence electrons. The molecular formula is C11H23NO3. The first kappa shape index (κ1) is 19.6. The fourth-order valence-corrected chi connectivity index (χ4v) is 0.471. The Balaban J connectivity index is -0.000000202. The summed E-state index contributed by atoms with van der Waals surface area (Å²) in [5.41, 5.74) is 0. The minimum atomic E-state index is 0.587. The van der Waals surface area contributed by atoms with Gasteiger partial charge in [0.25, 0.3) is 0 Å². The van der Waals surface area contributed by atoms with Gasteiger partial charge in [-0.05, 0) is 40.1 Å². The van der Waals surface area contributed by atoms with Gasteiger partial charge in [-0.25, -0.2) is 0 Å². The van der Waals surface area contributed by atoms with Gasteiger partial charge in [-0.15, -0.1) is 0 Å². The Bertz CT molecular complexity index is 142. The zero-order valence-electron chi connectivity index (χ0n) is 10.1. The predicted octanol–water partition coefficient (Wildman–Crippen LogP) is 0.897. The molecule has 0 amide bonds. The quantitative estimate of drug-likeness (QED) is 0.422. The van der Waals surface area contributed by atoms with E-state index in [0.29, 0.717) is 6.42 Å². The number of aldehydes is 2. The Hall–Kier alpha value is -1.00. The first-order valence-corrected chi connectivity index (χ1v) is 4.74. The van der Waals surface area contributed by atoms with E-state index in [2.05, 4.69) is 0 Å². The minimum Gasteiger partial charge on any atom is -0.400 e. The van der Waals surface area contributed by atoms with Crippen molar-refractivity contribution in [2.24, 2.45) is 0 Å². The summed E-state index contributed by atoms with van der Waals surface area (Å²) in [7, 11) is 7.00. The standard InChI is InChI=1S/C7H10O2.C3H9N.CH4O/c8-6-4-2-1-3-5-7-9;1-4(2)3;1-2/h2,4,6-7H,1,3,5H2;1-3H3;2H,1H3/b4-2+;;. The van der Waals surface area contributed by atoms with E-state index < -0.39 is 0 Å². The molecule has 1 N–H and O–H groups in total. The summed E-state index contributed by atoms with van der Waals surface area (Å²) in [5, 5.41) is 7.00. The molecular weight excluding hydrogens is 194 g/mol. The van der Waals surface area contributed by atoms with Crippen molar-refractivity contribution in [1.29, 1.82) is 0 Å². The lowest BCUT2D eigenvalue weighted by Crippen LogP contribution is -1.99. The summed E-state index contributed by atoms with van der Waals surface area (Å²) < 4.78 is 0. The van der Waals surface area contributed by atoms with Crippen LogP contribution in [0.2, 0.25) is 0 Å². The Morgan fingerprint density at radius 1 is 1.07 bits per heavy atom. The molecule has 0 aromatic carbocycles. The van der Waals surface area contributed by atoms with Gasteiger partial charge in [0.15, 0.2) is 0 Å². The summed E-state index contributed by atoms with van der Waals surface area (Å²) in [6.45, 7) is 0. The van der Waals surface area contributed by atoms with Gasteiger partial charge in [-0.3, -0.25) is 4.79 Å². The van der Waals surface area contributed by atoms with Crippen LogP contribution in [0.1, 0.15) is 19.3 Å². The highest BCUT2D eigenvalue weighted by Crippen LogP contribution is 1.92. The van der Waals surface area contributed by atoms with Gasteiger partial charge in [0, 0.05) is 13.5 Å². The Morgan fingerprint density at radius 3 is 1.87 bits per heavy atom. The molecule has 0 aromatic heterocycles. The van der Waals surface area contributed by atoms with Crippen LogP contribution in [-0.4, -0.2) is 50.8 Å². The van der Waals surface area contributed by atoms with Crippen LogP contribution in [0.4, 0.5) is 0 Å². The van der Waals surface area contributed by atoms with Crippen LogP contribution in [0, 0.1) is 0 Å². The van der Waals surface area contributed by atoms with Crippen molar-refractivity contribution in [3.05, 3.63) is 12.2 Å². The number of aliphatic hydroxyl groups is 1. The zero-order valence-corrected chi connectivity index (χ0v) is 10.1. The van der Waals surface area contributed by atoms with Gasteiger partial charge in [-0.2, -0.15) is 0 Å². The van der Waals surface area contributed by atoms with Gasteiger partial charge in [0.2, 0.25) is 0 Å². The van der Waals surface area contributed by atoms with Crippen LogP contribution in [-0.2, 0) is 9.59 Å². The van der Waals surface area contributed by atoms with Crippen molar-refractivity contribution < 1.29 is 14.7 Å². The maximum Gasteiger partial charge on any atom is 0.142 e. The number of carbonyl (C=O) groups excluding carboxylic acids is 2. The van der Waals surface area contributed by atoms with Gasteiger partial charge < -0.3 is 14.8 Å². The normalized spacial score (nSPS) is 8.67. The van der Waals surface area contributed by atoms with Crippen molar-refractivity contribution in [3.63, 3.8) is 0 Å². The molecule has 0 spiro atoms. The number of hydrogen-bond donors (Lipinski definition) is 1. The highest BCUT2D eigenvalue weighted by Gasteiger charge is 1.79. The smallest absolute Gasteiger partial charge is 0.142 e. The van der Waals surface area contributed by atoms with E-state index in [9.17, 15) is 9.59 Å². The average Bonchev–Trinajstić information content (AvgIpc) is 2.20. The molecule has 0 bridgehead atoms. The van der Waals surface area contributed by atoms with Crippen molar-refractivity contribution in [3.8, 4) is 0 Å². The maximum atomic E-state index is 9.74. The number of aliphatic hydroxyl groups excluding tert-OH is 1. The predicted molar refractivity (Wildman–Crippen MR) is 62.9 cm³/mol. The molecule has 0 rings (SSSR count). The van der Waals surface area contributed by atoms with Crippen molar-refractivity contribution in [2.45, 2.75) is 19.3 Å². The Morgan fingerprint density at radius 2 is 1.53 bits per heavy atom. The highest BCUT2D eigenvalue weighted by atomic mass is 16.2. The minimum absolute atomic E-state index is 0.587. The topological polar surface area (TPSA) is 57.6 Å². The molecule has 4 heteroatoms. The van der Waals surface area contributed by atoms with Gasteiger partial charge in [-0.1, -0.05) is 6.08 Å². The molecule has 0 heterocycles. The zero-order chi connectivity index (χ0) is 12.5. The van der Waals surface area contributed by atoms with Crippen LogP contribution < -0.4 is 0 Å². The second-order valence-electron chi connectivity index (χ2n) is 3.00. The number of rotatable bonds is 5. The molecule has 0 saturated carbocycles. The third kappa shape index (κ3) is 62.9. The fourth-order valence-electron chi connectivity index (χ4n) is 0.471. The summed E-state index contributed by atoms with van der Waals surface area (Å²) in [5.74, 6) is 0. The number of nitrogens with zero attached hydrogens (tertiary/aromatic N) is 1. The summed E-state index contributed by atoms with van der Waals surface area (Å²) in [4.78, 5) is 21.4. The molecule has 0 atom stereocenters. The molecule has 0 unspecified atom stereocenters. The lowest BCUT2D eigenvalue weighted by atomic mass is 10.2. The number of allylic oxidation sites excluding steroid dienone is 2. The highest BCUT2D eigenvalue weighted by molar-refractivity contribution is 5.64. The van der Waals surface area contributed by atoms with E-state index >= 15 is 0 Å². The largest absolute Gasteiger partial charge is 0.400 e. The van der Waals surface area contributed by atoms with E-state index in [1.807, 2.05) is 26.0 Å². The summed E-state index contributed by atoms with van der Waals surface area (Å²) >= 11 is 0. The van der Waals surface area contributed by atoms with E-state index in [1.165, 1.54) is 6.08 Å². The first-order chi connectivity index (χ1) is 7.15. The van der Waals surface area contributed by atoms with E-state index in [0.717, 1.165) is 32.5 Å². The van der Waals surface area contributed by atoms with Gasteiger partial charge >= 0.3 is 0 Å². The Labute approximate surface area is 92.6 Å². The number of carbonyl (C=O) groups is 2. The second-order valence-corrected chi connectivity index (χ2v) is 3.00. The lowest BCUT2D eigenvalue weighted by Gasteiger charge is -1.90. The summed E-state index contributed by atoms with van der Waals surface area (Å²) in [6.07, 6.45) is 7.07. The lowest BCUT2D eigenvalue weighted by molar-refractivity contribution is -0.108. The van der Waals surface area contributed by atoms with E-state index in [1.54, 1.807) is 6.08 Å². The third-order valence-corrected chi connectivity index (χ3v) is 0.907. The van der Waals surface area contributed by atoms with E-state index in [-0.39, 0.29) is 0 Å². The van der Waals surface area contributed by atoms with Crippen molar-refractivity contribution >= 4 is 12.6 Å². The van der Waals surface area contributed by atoms with Crippen LogP contribution >= 0.6 is 0 Å². The molecule has 0 aliphatic heterocycles. The molecule has 0 saturated heterocycles. The molecule has 0 radical (unpaired) electrons. The number of hydrogen-bond acceptors (Lipinski definition) is 4. The van der Waals surface area contributed by atoms with Crippen LogP contribution in [0.25, 0.3) is 0 Å². The van der Waals surface area contributed by atoms with Crippen LogP contribution in [0.5, 0.6) is 0 Å². The maximum absolute atomic E-state index is 9.74. The molecule has 0 fully saturated rings. The summed E-state index contributed by atoms with van der Waals surface area (Å²) in [6, 6.07) is 0. The van der Waals surface area contributed by atoms with Crippen LogP contribution in [0.3, 0.4) is 0 Å². The molecule has 15 heavy (non-hydrogen) atoms. The number of unbranched alkanes of at least 4 members (excludes halogenated alkanes) is 2. The SMILES string of the molecule is CN(C)C.CO.O=C/C=C/CCCC=O. The average molecular weight is 217 g/mol. The Kier molecular flexibility index (Phi) is 30.1. The fraction of sp³-hybridized carbons (Fsp3) is 0.636. The van der Waals surface area contributed by atoms with E-state index in [4.69, 9.17) is 5.11 Å². The van der Waals surface area contributed by atoms with Gasteiger partial charge in [0.1, 0.15) is 12.6 Å². The first-order valence-electron chi connectivity index (χ1n) is 4.74. The molecule has 4 nitrogen and oxygen atoms in total. The molecule has 0 aliphatic rings. The second kappa shape index (κ2) is 23.1. The third-order valence-electron chi connectivity index (χ3n) is 0.907. The monoisotopic (exact) mass is 217 g/mol. The molecule has 0 aromatic rings. The van der Waals surface area contributed by atoms with Crippen LogP contribution in [0.15, 0.2) is 12.2 Å². The van der Waals surface area contributed by atoms with Gasteiger partial charge in [0.05, 0.1) is 0 Å².